The molecule has 0 aliphatic rings. The van der Waals surface area contributed by atoms with Gasteiger partial charge in [-0.05, 0) is 12.8 Å². The van der Waals surface area contributed by atoms with Crippen molar-refractivity contribution in [3.05, 3.63) is 0 Å². The summed E-state index contributed by atoms with van der Waals surface area (Å²) in [6.07, 6.45) is 2.84. The van der Waals surface area contributed by atoms with Crippen molar-refractivity contribution >= 4 is 11.8 Å². The summed E-state index contributed by atoms with van der Waals surface area (Å²) in [5.41, 5.74) is 3.95. The molecule has 0 unspecified atom stereocenters. The van der Waals surface area contributed by atoms with Gasteiger partial charge in [-0.25, -0.2) is 0 Å². The molecule has 2 amide bonds. The Morgan fingerprint density at radius 2 is 1.75 bits per heavy atom. The SMILES string of the molecule is CCCC(O)(CCC)CC(=O)NCC(N)=O. The molecule has 0 aliphatic heterocycles. The van der Waals surface area contributed by atoms with Crippen LogP contribution in [0.15, 0.2) is 0 Å². The fourth-order valence-corrected chi connectivity index (χ4v) is 1.78. The topological polar surface area (TPSA) is 92.4 Å². The molecule has 94 valence electrons. The smallest absolute Gasteiger partial charge is 0.236 e. The largest absolute Gasteiger partial charge is 0.389 e. The molecule has 0 atom stereocenters. The van der Waals surface area contributed by atoms with E-state index in [9.17, 15) is 14.7 Å². The lowest BCUT2D eigenvalue weighted by Gasteiger charge is -2.26. The highest BCUT2D eigenvalue weighted by Crippen LogP contribution is 2.23. The van der Waals surface area contributed by atoms with Crippen LogP contribution in [0.25, 0.3) is 0 Å². The van der Waals surface area contributed by atoms with E-state index in [1.54, 1.807) is 0 Å². The van der Waals surface area contributed by atoms with Crippen molar-refractivity contribution in [1.82, 2.24) is 5.32 Å². The van der Waals surface area contributed by atoms with E-state index in [1.807, 2.05) is 13.8 Å². The van der Waals surface area contributed by atoms with Crippen LogP contribution in [0.2, 0.25) is 0 Å². The van der Waals surface area contributed by atoms with E-state index in [1.165, 1.54) is 0 Å². The van der Waals surface area contributed by atoms with E-state index in [0.29, 0.717) is 12.8 Å². The van der Waals surface area contributed by atoms with Gasteiger partial charge in [0.25, 0.3) is 0 Å². The number of hydrogen-bond donors (Lipinski definition) is 3. The number of carbonyl (C=O) groups is 2. The van der Waals surface area contributed by atoms with Crippen molar-refractivity contribution in [2.24, 2.45) is 5.73 Å². The first-order valence-corrected chi connectivity index (χ1v) is 5.71. The minimum atomic E-state index is -0.953. The van der Waals surface area contributed by atoms with Crippen LogP contribution in [0.5, 0.6) is 0 Å². The summed E-state index contributed by atoms with van der Waals surface area (Å²) in [7, 11) is 0. The van der Waals surface area contributed by atoms with E-state index >= 15 is 0 Å². The number of amides is 2. The molecular weight excluding hydrogens is 208 g/mol. The lowest BCUT2D eigenvalue weighted by atomic mass is 9.89. The van der Waals surface area contributed by atoms with E-state index in [0.717, 1.165) is 12.8 Å². The third-order valence-corrected chi connectivity index (χ3v) is 2.38. The number of primary amides is 1. The number of nitrogens with one attached hydrogen (secondary N) is 1. The zero-order chi connectivity index (χ0) is 12.6. The van der Waals surface area contributed by atoms with Crippen molar-refractivity contribution < 1.29 is 14.7 Å². The molecule has 0 fully saturated rings. The zero-order valence-corrected chi connectivity index (χ0v) is 10.1. The van der Waals surface area contributed by atoms with Gasteiger partial charge < -0.3 is 16.2 Å². The molecule has 0 aromatic carbocycles. The molecule has 0 aromatic heterocycles. The van der Waals surface area contributed by atoms with E-state index in [4.69, 9.17) is 5.73 Å². The number of nitrogens with two attached hydrogens (primary N) is 1. The summed E-state index contributed by atoms with van der Waals surface area (Å²) in [4.78, 5) is 21.9. The first-order chi connectivity index (χ1) is 7.43. The van der Waals surface area contributed by atoms with Gasteiger partial charge in [0.1, 0.15) is 0 Å². The second kappa shape index (κ2) is 7.22. The van der Waals surface area contributed by atoms with Crippen LogP contribution in [0, 0.1) is 0 Å². The molecule has 0 heterocycles. The molecule has 0 rings (SSSR count). The Labute approximate surface area is 96.4 Å². The lowest BCUT2D eigenvalue weighted by Crippen LogP contribution is -2.39. The van der Waals surface area contributed by atoms with Crippen molar-refractivity contribution in [2.45, 2.75) is 51.6 Å². The Kier molecular flexibility index (Phi) is 6.72. The second-order valence-electron chi connectivity index (χ2n) is 4.14. The highest BCUT2D eigenvalue weighted by atomic mass is 16.3. The van der Waals surface area contributed by atoms with E-state index in [-0.39, 0.29) is 18.9 Å². The zero-order valence-electron chi connectivity index (χ0n) is 10.1. The molecule has 0 saturated heterocycles. The first-order valence-electron chi connectivity index (χ1n) is 5.71. The first kappa shape index (κ1) is 14.9. The molecule has 5 heteroatoms. The van der Waals surface area contributed by atoms with Gasteiger partial charge in [0, 0.05) is 0 Å². The maximum atomic E-state index is 11.4. The quantitative estimate of drug-likeness (QED) is 0.560. The summed E-state index contributed by atoms with van der Waals surface area (Å²) < 4.78 is 0. The molecule has 0 bridgehead atoms. The van der Waals surface area contributed by atoms with Gasteiger partial charge >= 0.3 is 0 Å². The van der Waals surface area contributed by atoms with Crippen LogP contribution in [0.1, 0.15) is 46.0 Å². The maximum absolute atomic E-state index is 11.4. The molecule has 0 aliphatic carbocycles. The standard InChI is InChI=1S/C11H22N2O3/c1-3-5-11(16,6-4-2)7-10(15)13-8-9(12)14/h16H,3-8H2,1-2H3,(H2,12,14)(H,13,15). The fourth-order valence-electron chi connectivity index (χ4n) is 1.78. The van der Waals surface area contributed by atoms with Crippen LogP contribution in [0.4, 0.5) is 0 Å². The maximum Gasteiger partial charge on any atom is 0.236 e. The number of rotatable bonds is 8. The fraction of sp³-hybridized carbons (Fsp3) is 0.818. The van der Waals surface area contributed by atoms with Crippen LogP contribution >= 0.6 is 0 Å². The molecule has 4 N–H and O–H groups in total. The Morgan fingerprint density at radius 3 is 2.12 bits per heavy atom. The Hall–Kier alpha value is -1.10. The summed E-state index contributed by atoms with van der Waals surface area (Å²) in [5.74, 6) is -0.911. The Morgan fingerprint density at radius 1 is 1.25 bits per heavy atom. The highest BCUT2D eigenvalue weighted by molar-refractivity contribution is 5.84. The Bertz CT molecular complexity index is 235. The third-order valence-electron chi connectivity index (χ3n) is 2.38. The van der Waals surface area contributed by atoms with Crippen molar-refractivity contribution in [1.29, 1.82) is 0 Å². The predicted molar refractivity (Wildman–Crippen MR) is 61.6 cm³/mol. The summed E-state index contributed by atoms with van der Waals surface area (Å²) in [6, 6.07) is 0. The average Bonchev–Trinajstić information content (AvgIpc) is 2.15. The minimum absolute atomic E-state index is 0.0297. The van der Waals surface area contributed by atoms with Crippen LogP contribution < -0.4 is 11.1 Å². The summed E-state index contributed by atoms with van der Waals surface area (Å²) >= 11 is 0. The van der Waals surface area contributed by atoms with Gasteiger partial charge in [-0.2, -0.15) is 0 Å². The van der Waals surface area contributed by atoms with Crippen molar-refractivity contribution in [3.8, 4) is 0 Å². The summed E-state index contributed by atoms with van der Waals surface area (Å²) in [5, 5.41) is 12.6. The normalized spacial score (nSPS) is 11.2. The van der Waals surface area contributed by atoms with Gasteiger partial charge in [0.2, 0.25) is 11.8 Å². The molecule has 0 spiro atoms. The van der Waals surface area contributed by atoms with Gasteiger partial charge in [0.15, 0.2) is 0 Å². The van der Waals surface area contributed by atoms with Crippen LogP contribution in [0.3, 0.4) is 0 Å². The average molecular weight is 230 g/mol. The number of hydrogen-bond acceptors (Lipinski definition) is 3. The highest BCUT2D eigenvalue weighted by Gasteiger charge is 2.27. The predicted octanol–water partition coefficient (Wildman–Crippen LogP) is 0.309. The number of carbonyl (C=O) groups excluding carboxylic acids is 2. The second-order valence-corrected chi connectivity index (χ2v) is 4.14. The number of aliphatic hydroxyl groups is 1. The molecule has 16 heavy (non-hydrogen) atoms. The minimum Gasteiger partial charge on any atom is -0.389 e. The van der Waals surface area contributed by atoms with E-state index < -0.39 is 11.5 Å². The van der Waals surface area contributed by atoms with Crippen molar-refractivity contribution in [2.75, 3.05) is 6.54 Å². The molecule has 0 saturated carbocycles. The lowest BCUT2D eigenvalue weighted by molar-refractivity contribution is -0.129. The van der Waals surface area contributed by atoms with Gasteiger partial charge in [0.05, 0.1) is 18.6 Å². The molecular formula is C11H22N2O3. The monoisotopic (exact) mass is 230 g/mol. The third kappa shape index (κ3) is 6.40. The Balaban J connectivity index is 4.17. The van der Waals surface area contributed by atoms with Crippen LogP contribution in [-0.4, -0.2) is 29.1 Å². The van der Waals surface area contributed by atoms with Gasteiger partial charge in [-0.15, -0.1) is 0 Å². The molecule has 5 nitrogen and oxygen atoms in total. The molecule has 0 aromatic rings. The van der Waals surface area contributed by atoms with Gasteiger partial charge in [-0.3, -0.25) is 9.59 Å². The van der Waals surface area contributed by atoms with Crippen molar-refractivity contribution in [3.63, 3.8) is 0 Å². The molecule has 0 radical (unpaired) electrons. The van der Waals surface area contributed by atoms with Crippen LogP contribution in [-0.2, 0) is 9.59 Å². The van der Waals surface area contributed by atoms with E-state index in [2.05, 4.69) is 5.32 Å². The van der Waals surface area contributed by atoms with Gasteiger partial charge in [-0.1, -0.05) is 26.7 Å². The summed E-state index contributed by atoms with van der Waals surface area (Å²) in [6.45, 7) is 3.75.